The molecule has 1 atom stereocenters. The highest BCUT2D eigenvalue weighted by molar-refractivity contribution is 5.81. The van der Waals surface area contributed by atoms with Crippen molar-refractivity contribution in [1.82, 2.24) is 4.90 Å². The fourth-order valence-corrected chi connectivity index (χ4v) is 2.13. The van der Waals surface area contributed by atoms with Crippen molar-refractivity contribution in [3.05, 3.63) is 23.8 Å². The van der Waals surface area contributed by atoms with Gasteiger partial charge in [-0.3, -0.25) is 4.79 Å². The maximum absolute atomic E-state index is 12.1. The zero-order valence-corrected chi connectivity index (χ0v) is 12.7. The summed E-state index contributed by atoms with van der Waals surface area (Å²) in [7, 11) is 4.93. The zero-order chi connectivity index (χ0) is 15.1. The summed E-state index contributed by atoms with van der Waals surface area (Å²) in [5, 5.41) is 0. The smallest absolute Gasteiger partial charge is 0.239 e. The fourth-order valence-electron chi connectivity index (χ4n) is 2.13. The topological polar surface area (TPSA) is 64.8 Å². The molecule has 0 aliphatic heterocycles. The molecular formula is C15H24N2O3. The number of carbonyl (C=O) groups is 1. The molecule has 1 rings (SSSR count). The van der Waals surface area contributed by atoms with Crippen molar-refractivity contribution in [3.8, 4) is 11.5 Å². The van der Waals surface area contributed by atoms with Gasteiger partial charge in [0, 0.05) is 19.2 Å². The van der Waals surface area contributed by atoms with Crippen molar-refractivity contribution < 1.29 is 14.3 Å². The van der Waals surface area contributed by atoms with Gasteiger partial charge in [0.05, 0.1) is 20.3 Å². The van der Waals surface area contributed by atoms with E-state index >= 15 is 0 Å². The molecule has 0 heterocycles. The number of nitrogens with zero attached hydrogens (tertiary/aromatic N) is 1. The quantitative estimate of drug-likeness (QED) is 0.827. The van der Waals surface area contributed by atoms with Crippen LogP contribution in [0.1, 0.15) is 25.3 Å². The lowest BCUT2D eigenvalue weighted by atomic mass is 10.1. The summed E-state index contributed by atoms with van der Waals surface area (Å²) in [6.07, 6.45) is 1.58. The molecule has 1 unspecified atom stereocenters. The van der Waals surface area contributed by atoms with E-state index in [9.17, 15) is 4.79 Å². The van der Waals surface area contributed by atoms with Gasteiger partial charge in [-0.1, -0.05) is 25.5 Å². The summed E-state index contributed by atoms with van der Waals surface area (Å²) in [4.78, 5) is 13.7. The van der Waals surface area contributed by atoms with Crippen LogP contribution in [0.4, 0.5) is 0 Å². The lowest BCUT2D eigenvalue weighted by Gasteiger charge is -2.22. The molecular weight excluding hydrogens is 256 g/mol. The molecule has 0 fully saturated rings. The molecule has 1 aromatic rings. The van der Waals surface area contributed by atoms with Crippen molar-refractivity contribution in [3.63, 3.8) is 0 Å². The lowest BCUT2D eigenvalue weighted by Crippen LogP contribution is -2.41. The standard InChI is InChI=1S/C15H24N2O3/c1-5-7-12(16)15(18)17(2)10-11-8-6-9-13(19-3)14(11)20-4/h6,8-9,12H,5,7,10,16H2,1-4H3. The molecule has 1 aromatic carbocycles. The highest BCUT2D eigenvalue weighted by atomic mass is 16.5. The SMILES string of the molecule is CCCC(N)C(=O)N(C)Cc1cccc(OC)c1OC. The highest BCUT2D eigenvalue weighted by Crippen LogP contribution is 2.31. The number of likely N-dealkylation sites (N-methyl/N-ethyl adjacent to an activating group) is 1. The summed E-state index contributed by atoms with van der Waals surface area (Å²) in [5.41, 5.74) is 6.76. The number of methoxy groups -OCH3 is 2. The predicted octanol–water partition coefficient (Wildman–Crippen LogP) is 1.79. The Morgan fingerprint density at radius 2 is 2.05 bits per heavy atom. The molecule has 20 heavy (non-hydrogen) atoms. The van der Waals surface area contributed by atoms with Gasteiger partial charge in [-0.25, -0.2) is 0 Å². The third-order valence-electron chi connectivity index (χ3n) is 3.19. The van der Waals surface area contributed by atoms with E-state index in [-0.39, 0.29) is 5.91 Å². The van der Waals surface area contributed by atoms with Crippen LogP contribution in [0.3, 0.4) is 0 Å². The first-order chi connectivity index (χ1) is 9.54. The van der Waals surface area contributed by atoms with E-state index in [2.05, 4.69) is 0 Å². The van der Waals surface area contributed by atoms with Crippen LogP contribution in [0.2, 0.25) is 0 Å². The second-order valence-corrected chi connectivity index (χ2v) is 4.74. The maximum atomic E-state index is 12.1. The van der Waals surface area contributed by atoms with Gasteiger partial charge in [-0.05, 0) is 12.5 Å². The van der Waals surface area contributed by atoms with Gasteiger partial charge >= 0.3 is 0 Å². The van der Waals surface area contributed by atoms with Crippen LogP contribution in [0.15, 0.2) is 18.2 Å². The minimum atomic E-state index is -0.443. The molecule has 0 aromatic heterocycles. The first-order valence-electron chi connectivity index (χ1n) is 6.75. The molecule has 0 saturated heterocycles. The summed E-state index contributed by atoms with van der Waals surface area (Å²) in [6, 6.07) is 5.17. The third kappa shape index (κ3) is 3.87. The first kappa shape index (κ1) is 16.3. The Morgan fingerprint density at radius 1 is 1.35 bits per heavy atom. The monoisotopic (exact) mass is 280 g/mol. The molecule has 5 heteroatoms. The van der Waals surface area contributed by atoms with Crippen molar-refractivity contribution in [1.29, 1.82) is 0 Å². The van der Waals surface area contributed by atoms with Gasteiger partial charge in [-0.2, -0.15) is 0 Å². The summed E-state index contributed by atoms with van der Waals surface area (Å²) in [6.45, 7) is 2.45. The third-order valence-corrected chi connectivity index (χ3v) is 3.19. The molecule has 2 N–H and O–H groups in total. The van der Waals surface area contributed by atoms with Crippen LogP contribution < -0.4 is 15.2 Å². The molecule has 0 aliphatic carbocycles. The summed E-state index contributed by atoms with van der Waals surface area (Å²) in [5.74, 6) is 1.25. The summed E-state index contributed by atoms with van der Waals surface area (Å²) < 4.78 is 10.6. The number of ether oxygens (including phenoxy) is 2. The molecule has 0 bridgehead atoms. The Bertz CT molecular complexity index is 449. The number of nitrogens with two attached hydrogens (primary N) is 1. The van der Waals surface area contributed by atoms with E-state index in [4.69, 9.17) is 15.2 Å². The first-order valence-corrected chi connectivity index (χ1v) is 6.75. The van der Waals surface area contributed by atoms with Crippen LogP contribution in [-0.2, 0) is 11.3 Å². The number of hydrogen-bond acceptors (Lipinski definition) is 4. The lowest BCUT2D eigenvalue weighted by molar-refractivity contribution is -0.132. The highest BCUT2D eigenvalue weighted by Gasteiger charge is 2.19. The number of para-hydroxylation sites is 1. The number of benzene rings is 1. The Kier molecular flexibility index (Phi) is 6.31. The molecule has 0 spiro atoms. The molecule has 0 radical (unpaired) electrons. The van der Waals surface area contributed by atoms with E-state index < -0.39 is 6.04 Å². The van der Waals surface area contributed by atoms with Crippen molar-refractivity contribution in [2.45, 2.75) is 32.4 Å². The van der Waals surface area contributed by atoms with Gasteiger partial charge in [0.15, 0.2) is 11.5 Å². The predicted molar refractivity (Wildman–Crippen MR) is 78.9 cm³/mol. The number of amides is 1. The van der Waals surface area contributed by atoms with Gasteiger partial charge in [-0.15, -0.1) is 0 Å². The van der Waals surface area contributed by atoms with E-state index in [1.54, 1.807) is 26.2 Å². The minimum absolute atomic E-state index is 0.0586. The van der Waals surface area contributed by atoms with E-state index in [0.29, 0.717) is 24.5 Å². The van der Waals surface area contributed by atoms with Crippen LogP contribution in [0.5, 0.6) is 11.5 Å². The van der Waals surface area contributed by atoms with E-state index in [0.717, 1.165) is 12.0 Å². The zero-order valence-electron chi connectivity index (χ0n) is 12.7. The van der Waals surface area contributed by atoms with Crippen LogP contribution >= 0.6 is 0 Å². The molecule has 112 valence electrons. The Balaban J connectivity index is 2.85. The van der Waals surface area contributed by atoms with Gasteiger partial charge < -0.3 is 20.1 Å². The number of carbonyl (C=O) groups excluding carboxylic acids is 1. The van der Waals surface area contributed by atoms with Crippen molar-refractivity contribution in [2.24, 2.45) is 5.73 Å². The largest absolute Gasteiger partial charge is 0.493 e. The van der Waals surface area contributed by atoms with E-state index in [1.165, 1.54) is 0 Å². The number of hydrogen-bond donors (Lipinski definition) is 1. The minimum Gasteiger partial charge on any atom is -0.493 e. The fraction of sp³-hybridized carbons (Fsp3) is 0.533. The Hall–Kier alpha value is -1.75. The normalized spacial score (nSPS) is 11.8. The average molecular weight is 280 g/mol. The molecule has 5 nitrogen and oxygen atoms in total. The van der Waals surface area contributed by atoms with Crippen LogP contribution in [-0.4, -0.2) is 38.1 Å². The van der Waals surface area contributed by atoms with Gasteiger partial charge in [0.1, 0.15) is 0 Å². The molecule has 0 aliphatic rings. The average Bonchev–Trinajstić information content (AvgIpc) is 2.46. The van der Waals surface area contributed by atoms with Crippen LogP contribution in [0, 0.1) is 0 Å². The van der Waals surface area contributed by atoms with E-state index in [1.807, 2.05) is 25.1 Å². The van der Waals surface area contributed by atoms with Gasteiger partial charge in [0.25, 0.3) is 0 Å². The Morgan fingerprint density at radius 3 is 2.60 bits per heavy atom. The molecule has 1 amide bonds. The Labute approximate surface area is 120 Å². The maximum Gasteiger partial charge on any atom is 0.239 e. The van der Waals surface area contributed by atoms with Gasteiger partial charge in [0.2, 0.25) is 5.91 Å². The molecule has 0 saturated carbocycles. The second kappa shape index (κ2) is 7.75. The van der Waals surface area contributed by atoms with Crippen molar-refractivity contribution in [2.75, 3.05) is 21.3 Å². The number of rotatable bonds is 7. The summed E-state index contributed by atoms with van der Waals surface area (Å²) >= 11 is 0. The second-order valence-electron chi connectivity index (χ2n) is 4.74. The van der Waals surface area contributed by atoms with Crippen LogP contribution in [0.25, 0.3) is 0 Å². The van der Waals surface area contributed by atoms with Crippen molar-refractivity contribution >= 4 is 5.91 Å².